The van der Waals surface area contributed by atoms with Gasteiger partial charge in [-0.1, -0.05) is 37.0 Å². The Hall–Kier alpha value is 0.250. The van der Waals surface area contributed by atoms with Gasteiger partial charge in [-0.15, -0.1) is 0 Å². The van der Waals surface area contributed by atoms with Crippen molar-refractivity contribution in [3.05, 3.63) is 0 Å². The number of Topliss-reactive ketones (excluding diaryl/α,β-unsaturated/α-hetero) is 1. The van der Waals surface area contributed by atoms with Gasteiger partial charge in [0.2, 0.25) is 0 Å². The topological polar surface area (TPSA) is 17.1 Å². The van der Waals surface area contributed by atoms with Gasteiger partial charge in [0.05, 0.1) is 0 Å². The van der Waals surface area contributed by atoms with Gasteiger partial charge >= 0.3 is 0 Å². The predicted molar refractivity (Wildman–Crippen MR) is 49.4 cm³/mol. The fraction of sp³-hybridized carbons (Fsp3) is 0.889. The molecule has 0 aromatic heterocycles. The van der Waals surface area contributed by atoms with E-state index in [1.807, 2.05) is 0 Å². The minimum Gasteiger partial charge on any atom is -0.296 e. The molecule has 0 bridgehead atoms. The lowest BCUT2D eigenvalue weighted by Gasteiger charge is -2.41. The van der Waals surface area contributed by atoms with Gasteiger partial charge in [0.25, 0.3) is 0 Å². The van der Waals surface area contributed by atoms with Gasteiger partial charge in [-0.2, -0.15) is 0 Å². The van der Waals surface area contributed by atoms with E-state index in [9.17, 15) is 4.79 Å². The first-order chi connectivity index (χ1) is 5.34. The molecule has 0 radical (unpaired) electrons. The summed E-state index contributed by atoms with van der Waals surface area (Å²) >= 11 is 11.8. The second-order valence-electron chi connectivity index (χ2n) is 4.77. The minimum absolute atomic E-state index is 0.0430. The molecule has 2 rings (SSSR count). The maximum atomic E-state index is 11.4. The largest absolute Gasteiger partial charge is 0.296 e. The van der Waals surface area contributed by atoms with Crippen molar-refractivity contribution in [3.63, 3.8) is 0 Å². The molecule has 0 spiro atoms. The quantitative estimate of drug-likeness (QED) is 0.558. The van der Waals surface area contributed by atoms with Crippen LogP contribution < -0.4 is 0 Å². The minimum atomic E-state index is -1.06. The van der Waals surface area contributed by atoms with Gasteiger partial charge in [0.15, 0.2) is 10.1 Å². The van der Waals surface area contributed by atoms with Crippen LogP contribution in [0.3, 0.4) is 0 Å². The second kappa shape index (κ2) is 2.19. The number of fused-ring (bicyclic) bond motifs is 1. The zero-order valence-electron chi connectivity index (χ0n) is 7.23. The van der Waals surface area contributed by atoms with Crippen LogP contribution >= 0.6 is 23.2 Å². The van der Waals surface area contributed by atoms with Crippen molar-refractivity contribution >= 4 is 29.0 Å². The fourth-order valence-corrected chi connectivity index (χ4v) is 3.29. The van der Waals surface area contributed by atoms with Crippen molar-refractivity contribution in [1.82, 2.24) is 0 Å². The Bertz CT molecular complexity index is 245. The molecular formula is C9H12Cl2O. The lowest BCUT2D eigenvalue weighted by Crippen LogP contribution is -2.53. The third-order valence-corrected chi connectivity index (χ3v) is 4.09. The van der Waals surface area contributed by atoms with Crippen LogP contribution in [0, 0.1) is 17.3 Å². The van der Waals surface area contributed by atoms with Gasteiger partial charge in [0.1, 0.15) is 0 Å². The Morgan fingerprint density at radius 1 is 1.33 bits per heavy atom. The highest BCUT2D eigenvalue weighted by molar-refractivity contribution is 6.60. The number of halogens is 2. The number of carbonyl (C=O) groups is 1. The van der Waals surface area contributed by atoms with Crippen molar-refractivity contribution in [3.8, 4) is 0 Å². The number of hydrogen-bond donors (Lipinski definition) is 0. The third-order valence-electron chi connectivity index (χ3n) is 3.16. The molecule has 0 unspecified atom stereocenters. The summed E-state index contributed by atoms with van der Waals surface area (Å²) < 4.78 is -1.06. The third kappa shape index (κ3) is 0.958. The summed E-state index contributed by atoms with van der Waals surface area (Å²) in [4.78, 5) is 11.4. The average Bonchev–Trinajstić information content (AvgIpc) is 2.24. The molecule has 2 saturated carbocycles. The molecule has 0 aromatic rings. The van der Waals surface area contributed by atoms with Gasteiger partial charge in [-0.3, -0.25) is 4.79 Å². The van der Waals surface area contributed by atoms with E-state index in [0.29, 0.717) is 0 Å². The summed E-state index contributed by atoms with van der Waals surface area (Å²) in [6.45, 7) is 4.34. The number of hydrogen-bond acceptors (Lipinski definition) is 1. The first-order valence-electron chi connectivity index (χ1n) is 4.27. The Labute approximate surface area is 82.4 Å². The van der Waals surface area contributed by atoms with Crippen molar-refractivity contribution in [2.45, 2.75) is 31.0 Å². The summed E-state index contributed by atoms with van der Waals surface area (Å²) in [6.07, 6.45) is 1.94. The van der Waals surface area contributed by atoms with Gasteiger partial charge in [-0.25, -0.2) is 0 Å². The second-order valence-corrected chi connectivity index (χ2v) is 6.16. The van der Waals surface area contributed by atoms with E-state index in [0.717, 1.165) is 12.8 Å². The molecule has 1 nitrogen and oxygen atoms in total. The van der Waals surface area contributed by atoms with Crippen LogP contribution in [0.1, 0.15) is 26.7 Å². The smallest absolute Gasteiger partial charge is 0.179 e. The van der Waals surface area contributed by atoms with Crippen molar-refractivity contribution in [2.24, 2.45) is 17.3 Å². The Balaban J connectivity index is 2.23. The highest BCUT2D eigenvalue weighted by Gasteiger charge is 2.65. The summed E-state index contributed by atoms with van der Waals surface area (Å²) in [5, 5.41) is 0. The average molecular weight is 207 g/mol. The zero-order chi connectivity index (χ0) is 9.15. The van der Waals surface area contributed by atoms with E-state index in [-0.39, 0.29) is 23.0 Å². The van der Waals surface area contributed by atoms with Gasteiger partial charge < -0.3 is 0 Å². The summed E-state index contributed by atoms with van der Waals surface area (Å²) in [6, 6.07) is 0. The summed E-state index contributed by atoms with van der Waals surface area (Å²) in [5.41, 5.74) is 0.247. The molecule has 3 heteroatoms. The molecule has 0 heterocycles. The first kappa shape index (κ1) is 8.83. The first-order valence-corrected chi connectivity index (χ1v) is 5.02. The number of carbonyl (C=O) groups excluding carboxylic acids is 1. The highest BCUT2D eigenvalue weighted by atomic mass is 35.5. The standard InChI is InChI=1S/C9H12Cl2O/c1-8(2)3-5-6(4-8)9(10,11)7(5)12/h5-6H,3-4H2,1-2H3/t5-,6+/m1/s1. The molecule has 0 aliphatic heterocycles. The van der Waals surface area contributed by atoms with E-state index < -0.39 is 4.33 Å². The van der Waals surface area contributed by atoms with Crippen LogP contribution in [0.4, 0.5) is 0 Å². The fourth-order valence-electron chi connectivity index (χ4n) is 2.55. The molecule has 0 aromatic carbocycles. The van der Waals surface area contributed by atoms with Crippen LogP contribution in [0.2, 0.25) is 0 Å². The Kier molecular flexibility index (Phi) is 1.61. The molecule has 2 atom stereocenters. The molecule has 0 saturated heterocycles. The number of alkyl halides is 2. The number of ketones is 1. The molecule has 0 N–H and O–H groups in total. The Morgan fingerprint density at radius 3 is 2.42 bits per heavy atom. The SMILES string of the molecule is CC1(C)C[C@H]2C(=O)C(Cl)(Cl)[C@H]2C1. The van der Waals surface area contributed by atoms with E-state index in [4.69, 9.17) is 23.2 Å². The van der Waals surface area contributed by atoms with Crippen LogP contribution in [0.15, 0.2) is 0 Å². The van der Waals surface area contributed by atoms with Crippen molar-refractivity contribution in [2.75, 3.05) is 0 Å². The van der Waals surface area contributed by atoms with Crippen LogP contribution in [-0.4, -0.2) is 10.1 Å². The van der Waals surface area contributed by atoms with E-state index in [1.54, 1.807) is 0 Å². The zero-order valence-corrected chi connectivity index (χ0v) is 8.74. The molecule has 2 aliphatic rings. The molecular weight excluding hydrogens is 195 g/mol. The van der Waals surface area contributed by atoms with Crippen LogP contribution in [0.25, 0.3) is 0 Å². The molecule has 12 heavy (non-hydrogen) atoms. The molecule has 2 fully saturated rings. The van der Waals surface area contributed by atoms with Gasteiger partial charge in [0, 0.05) is 11.8 Å². The lowest BCUT2D eigenvalue weighted by atomic mass is 9.74. The Morgan fingerprint density at radius 2 is 1.92 bits per heavy atom. The predicted octanol–water partition coefficient (Wildman–Crippen LogP) is 2.80. The van der Waals surface area contributed by atoms with Crippen LogP contribution in [-0.2, 0) is 4.79 Å². The highest BCUT2D eigenvalue weighted by Crippen LogP contribution is 2.61. The maximum absolute atomic E-state index is 11.4. The summed E-state index contributed by atoms with van der Waals surface area (Å²) in [7, 11) is 0. The van der Waals surface area contributed by atoms with Crippen LogP contribution in [0.5, 0.6) is 0 Å². The van der Waals surface area contributed by atoms with E-state index in [2.05, 4.69) is 13.8 Å². The van der Waals surface area contributed by atoms with Crippen molar-refractivity contribution in [1.29, 1.82) is 0 Å². The normalized spacial score (nSPS) is 42.2. The van der Waals surface area contributed by atoms with Gasteiger partial charge in [-0.05, 0) is 18.3 Å². The maximum Gasteiger partial charge on any atom is 0.179 e. The van der Waals surface area contributed by atoms with E-state index in [1.165, 1.54) is 0 Å². The van der Waals surface area contributed by atoms with Crippen molar-refractivity contribution < 1.29 is 4.79 Å². The monoisotopic (exact) mass is 206 g/mol. The summed E-state index contributed by atoms with van der Waals surface area (Å²) in [5.74, 6) is 0.403. The molecule has 2 aliphatic carbocycles. The molecule has 68 valence electrons. The van der Waals surface area contributed by atoms with E-state index >= 15 is 0 Å². The number of rotatable bonds is 0. The molecule has 0 amide bonds. The lowest BCUT2D eigenvalue weighted by molar-refractivity contribution is -0.133.